The summed E-state index contributed by atoms with van der Waals surface area (Å²) in [5, 5.41) is 18.4. The molecule has 164 valence electrons. The fourth-order valence-electron chi connectivity index (χ4n) is 2.41. The Morgan fingerprint density at radius 2 is 1.25 bits per heavy atom. The Hall–Kier alpha value is -4.48. The molecule has 0 saturated carbocycles. The van der Waals surface area contributed by atoms with Gasteiger partial charge in [0.2, 0.25) is 0 Å². The van der Waals surface area contributed by atoms with Gasteiger partial charge in [-0.2, -0.15) is 20.4 Å². The van der Waals surface area contributed by atoms with Crippen molar-refractivity contribution in [1.82, 2.24) is 30.8 Å². The highest BCUT2D eigenvalue weighted by molar-refractivity contribution is 5.93. The molecule has 0 bridgehead atoms. The van der Waals surface area contributed by atoms with Crippen LogP contribution in [0.25, 0.3) is 0 Å². The van der Waals surface area contributed by atoms with Crippen LogP contribution in [0.2, 0.25) is 0 Å². The van der Waals surface area contributed by atoms with Crippen LogP contribution in [-0.2, 0) is 0 Å². The van der Waals surface area contributed by atoms with Crippen LogP contribution in [0.4, 0.5) is 9.59 Å². The number of urea groups is 2. The number of pyridine rings is 2. The maximum Gasteiger partial charge on any atom is 0.358 e. The van der Waals surface area contributed by atoms with Crippen molar-refractivity contribution in [3.05, 3.63) is 60.2 Å². The van der Waals surface area contributed by atoms with Crippen LogP contribution in [0.1, 0.15) is 25.0 Å². The predicted molar refractivity (Wildman–Crippen MR) is 120 cm³/mol. The number of hydrogen-bond donors (Lipinski definition) is 2. The van der Waals surface area contributed by atoms with Crippen LogP contribution in [0, 0.1) is 0 Å². The van der Waals surface area contributed by atoms with Gasteiger partial charge in [0.1, 0.15) is 0 Å². The first kappa shape index (κ1) is 22.2. The lowest BCUT2D eigenvalue weighted by Gasteiger charge is -2.20. The van der Waals surface area contributed by atoms with E-state index < -0.39 is 0 Å². The zero-order valence-corrected chi connectivity index (χ0v) is 17.6. The van der Waals surface area contributed by atoms with Gasteiger partial charge in [-0.1, -0.05) is 12.1 Å². The third-order valence-electron chi connectivity index (χ3n) is 3.97. The summed E-state index contributed by atoms with van der Waals surface area (Å²) in [6.45, 7) is 4.46. The minimum atomic E-state index is -0.328. The quantitative estimate of drug-likeness (QED) is 0.706. The van der Waals surface area contributed by atoms with Crippen molar-refractivity contribution in [2.45, 2.75) is 13.8 Å². The molecule has 2 aliphatic heterocycles. The summed E-state index contributed by atoms with van der Waals surface area (Å²) < 4.78 is 0. The van der Waals surface area contributed by atoms with E-state index >= 15 is 0 Å². The fraction of sp³-hybridized carbons (Fsp3) is 0.200. The molecular weight excluding hydrogens is 412 g/mol. The molecule has 0 fully saturated rings. The van der Waals surface area contributed by atoms with Crippen LogP contribution >= 0.6 is 0 Å². The average molecular weight is 434 g/mol. The summed E-state index contributed by atoms with van der Waals surface area (Å²) in [5.74, 6) is 0. The van der Waals surface area contributed by atoms with Crippen molar-refractivity contribution < 1.29 is 9.59 Å². The summed E-state index contributed by atoms with van der Waals surface area (Å²) >= 11 is 0. The Morgan fingerprint density at radius 1 is 0.812 bits per heavy atom. The van der Waals surface area contributed by atoms with E-state index in [0.717, 1.165) is 22.6 Å². The molecule has 2 aromatic rings. The molecule has 0 aliphatic carbocycles. The number of amides is 4. The standard InChI is InChI=1S/2C10H11N5O/c2*1-8-7-15(10(16)14-13-8)12-6-9-3-2-4-11-5-9/h2*2-6H,7H2,1H3,(H,14,16)/b2*12-6+. The third-order valence-corrected chi connectivity index (χ3v) is 3.97. The van der Waals surface area contributed by atoms with Gasteiger partial charge in [0.25, 0.3) is 0 Å². The molecule has 0 radical (unpaired) electrons. The lowest BCUT2D eigenvalue weighted by Crippen LogP contribution is -2.42. The maximum absolute atomic E-state index is 11.3. The molecule has 2 aromatic heterocycles. The van der Waals surface area contributed by atoms with Gasteiger partial charge >= 0.3 is 12.1 Å². The van der Waals surface area contributed by atoms with Crippen LogP contribution in [-0.4, -0.2) is 69.0 Å². The molecule has 2 aliphatic rings. The molecule has 0 unspecified atom stereocenters. The number of rotatable bonds is 4. The molecule has 12 heteroatoms. The van der Waals surface area contributed by atoms with Gasteiger partial charge in [-0.05, 0) is 26.0 Å². The van der Waals surface area contributed by atoms with E-state index in [1.54, 1.807) is 37.2 Å². The average Bonchev–Trinajstić information content (AvgIpc) is 2.82. The van der Waals surface area contributed by atoms with E-state index in [9.17, 15) is 9.59 Å². The van der Waals surface area contributed by atoms with Crippen LogP contribution in [0.15, 0.2) is 69.5 Å². The van der Waals surface area contributed by atoms with E-state index in [1.165, 1.54) is 10.0 Å². The molecule has 0 aromatic carbocycles. The first-order valence-electron chi connectivity index (χ1n) is 9.60. The largest absolute Gasteiger partial charge is 0.358 e. The van der Waals surface area contributed by atoms with E-state index in [4.69, 9.17) is 0 Å². The summed E-state index contributed by atoms with van der Waals surface area (Å²) in [6, 6.07) is 6.68. The van der Waals surface area contributed by atoms with E-state index in [-0.39, 0.29) is 12.1 Å². The lowest BCUT2D eigenvalue weighted by atomic mass is 10.3. The zero-order valence-electron chi connectivity index (χ0n) is 17.6. The van der Waals surface area contributed by atoms with Gasteiger partial charge in [-0.3, -0.25) is 9.97 Å². The van der Waals surface area contributed by atoms with Crippen molar-refractivity contribution in [3.8, 4) is 0 Å². The van der Waals surface area contributed by atoms with Gasteiger partial charge < -0.3 is 0 Å². The second-order valence-electron chi connectivity index (χ2n) is 6.71. The molecule has 2 N–H and O–H groups in total. The number of nitrogens with zero attached hydrogens (tertiary/aromatic N) is 8. The molecule has 0 saturated heterocycles. The van der Waals surface area contributed by atoms with Gasteiger partial charge in [0.05, 0.1) is 36.9 Å². The maximum atomic E-state index is 11.3. The van der Waals surface area contributed by atoms with Crippen molar-refractivity contribution in [2.24, 2.45) is 20.4 Å². The Labute approximate surface area is 184 Å². The smallest absolute Gasteiger partial charge is 0.264 e. The van der Waals surface area contributed by atoms with E-state index in [0.29, 0.717) is 13.1 Å². The normalized spacial score (nSPS) is 16.2. The molecule has 4 rings (SSSR count). The highest BCUT2D eigenvalue weighted by Crippen LogP contribution is 2.00. The molecule has 0 atom stereocenters. The highest BCUT2D eigenvalue weighted by Gasteiger charge is 2.17. The first-order valence-corrected chi connectivity index (χ1v) is 9.60. The number of carbonyl (C=O) groups is 2. The predicted octanol–water partition coefficient (Wildman–Crippen LogP) is 1.63. The summed E-state index contributed by atoms with van der Waals surface area (Å²) in [6.07, 6.45) is 9.89. The van der Waals surface area contributed by atoms with Crippen LogP contribution in [0.5, 0.6) is 0 Å². The Balaban J connectivity index is 0.000000181. The Bertz CT molecular complexity index is 965. The fourth-order valence-corrected chi connectivity index (χ4v) is 2.41. The highest BCUT2D eigenvalue weighted by atomic mass is 16.2. The van der Waals surface area contributed by atoms with Gasteiger partial charge in [-0.25, -0.2) is 30.5 Å². The van der Waals surface area contributed by atoms with E-state index in [2.05, 4.69) is 41.2 Å². The number of aromatic nitrogens is 2. The molecule has 0 spiro atoms. The molecule has 4 amide bonds. The monoisotopic (exact) mass is 434 g/mol. The van der Waals surface area contributed by atoms with Crippen molar-refractivity contribution in [2.75, 3.05) is 13.1 Å². The minimum Gasteiger partial charge on any atom is -0.264 e. The first-order chi connectivity index (χ1) is 15.5. The summed E-state index contributed by atoms with van der Waals surface area (Å²) in [5.41, 5.74) is 8.03. The minimum absolute atomic E-state index is 0.328. The van der Waals surface area contributed by atoms with Gasteiger partial charge in [0, 0.05) is 35.9 Å². The molecule has 12 nitrogen and oxygen atoms in total. The van der Waals surface area contributed by atoms with Crippen molar-refractivity contribution in [3.63, 3.8) is 0 Å². The molecule has 4 heterocycles. The van der Waals surface area contributed by atoms with Crippen LogP contribution in [0.3, 0.4) is 0 Å². The second kappa shape index (κ2) is 11.1. The number of hydrogen-bond acceptors (Lipinski definition) is 8. The third kappa shape index (κ3) is 6.79. The number of hydrazone groups is 4. The van der Waals surface area contributed by atoms with Crippen molar-refractivity contribution in [1.29, 1.82) is 0 Å². The topological polar surface area (TPSA) is 140 Å². The zero-order chi connectivity index (χ0) is 22.8. The van der Waals surface area contributed by atoms with Crippen molar-refractivity contribution >= 4 is 35.9 Å². The number of nitrogens with one attached hydrogen (secondary N) is 2. The van der Waals surface area contributed by atoms with E-state index in [1.807, 2.05) is 38.1 Å². The Morgan fingerprint density at radius 3 is 1.62 bits per heavy atom. The number of carbonyl (C=O) groups excluding carboxylic acids is 2. The Kier molecular flexibility index (Phi) is 7.68. The van der Waals surface area contributed by atoms with Gasteiger partial charge in [-0.15, -0.1) is 0 Å². The molecular formula is C20H22N10O2. The summed E-state index contributed by atoms with van der Waals surface area (Å²) in [4.78, 5) is 30.6. The van der Waals surface area contributed by atoms with Gasteiger partial charge in [0.15, 0.2) is 0 Å². The van der Waals surface area contributed by atoms with Crippen LogP contribution < -0.4 is 10.9 Å². The second-order valence-corrected chi connectivity index (χ2v) is 6.71. The SMILES string of the molecule is CC1=NNC(=O)N(/N=C/c2cccnc2)C1.CC1=NNC(=O)N(/N=C/c2cccnc2)C1. The lowest BCUT2D eigenvalue weighted by molar-refractivity contribution is 0.204. The molecule has 32 heavy (non-hydrogen) atoms. The summed E-state index contributed by atoms with van der Waals surface area (Å²) in [7, 11) is 0.